The molecule has 0 spiro atoms. The molecule has 9 heteroatoms. The highest BCUT2D eigenvalue weighted by Crippen LogP contribution is 2.43. The second-order valence-electron chi connectivity index (χ2n) is 9.01. The van der Waals surface area contributed by atoms with Crippen molar-refractivity contribution in [2.24, 2.45) is 0 Å². The molecule has 1 fully saturated rings. The van der Waals surface area contributed by atoms with Gasteiger partial charge in [0.15, 0.2) is 0 Å². The zero-order valence-corrected chi connectivity index (χ0v) is 20.2. The number of likely N-dealkylation sites (tertiary alicyclic amines) is 1. The first-order valence-corrected chi connectivity index (χ1v) is 13.5. The molecule has 3 unspecified atom stereocenters. The van der Waals surface area contributed by atoms with Gasteiger partial charge in [-0.15, -0.1) is 0 Å². The Hall–Kier alpha value is -2.80. The van der Waals surface area contributed by atoms with Crippen molar-refractivity contribution in [1.29, 1.82) is 0 Å². The van der Waals surface area contributed by atoms with Gasteiger partial charge >= 0.3 is 12.0 Å². The number of hydrogen-bond acceptors (Lipinski definition) is 4. The van der Waals surface area contributed by atoms with Crippen LogP contribution in [-0.4, -0.2) is 63.3 Å². The van der Waals surface area contributed by atoms with Crippen LogP contribution in [0.4, 0.5) is 4.79 Å². The molecule has 1 aliphatic heterocycles. The fourth-order valence-corrected chi connectivity index (χ4v) is 6.40. The minimum absolute atomic E-state index is 0.123. The third-order valence-corrected chi connectivity index (χ3v) is 8.33. The van der Waals surface area contributed by atoms with E-state index in [9.17, 15) is 28.9 Å². The van der Waals surface area contributed by atoms with Crippen LogP contribution < -0.4 is 5.32 Å². The van der Waals surface area contributed by atoms with Gasteiger partial charge in [-0.1, -0.05) is 48.5 Å². The van der Waals surface area contributed by atoms with Gasteiger partial charge in [-0.2, -0.15) is 9.28 Å². The number of nitrogens with zero attached hydrogens (tertiary/aromatic N) is 1. The van der Waals surface area contributed by atoms with Gasteiger partial charge in [-0.05, 0) is 37.5 Å². The Bertz CT molecular complexity index is 1060. The average molecular weight is 488 g/mol. The molecular weight excluding hydrogens is 455 g/mol. The molecule has 3 N–H and O–H groups in total. The predicted octanol–water partition coefficient (Wildman–Crippen LogP) is 3.89. The predicted molar refractivity (Wildman–Crippen MR) is 129 cm³/mol. The summed E-state index contributed by atoms with van der Waals surface area (Å²) in [7, 11) is -4.08. The van der Waals surface area contributed by atoms with Crippen LogP contribution in [0.25, 0.3) is 0 Å². The summed E-state index contributed by atoms with van der Waals surface area (Å²) in [5, 5.41) is 12.6. The number of hydrogen-bond donors (Lipinski definition) is 3. The summed E-state index contributed by atoms with van der Waals surface area (Å²) in [4.78, 5) is 48.5. The van der Waals surface area contributed by atoms with Crippen LogP contribution in [-0.2, 0) is 15.8 Å². The Balaban J connectivity index is 1.74. The second kappa shape index (κ2) is 11.1. The number of rotatable bonds is 9. The number of carboxylic acid groups (broad SMARTS) is 1. The van der Waals surface area contributed by atoms with Gasteiger partial charge in [0.05, 0.1) is 6.54 Å². The Morgan fingerprint density at radius 3 is 2.26 bits per heavy atom. The van der Waals surface area contributed by atoms with Crippen molar-refractivity contribution in [2.45, 2.75) is 44.7 Å². The molecule has 0 aromatic heterocycles. The molecule has 1 aliphatic rings. The molecule has 0 aliphatic carbocycles. The van der Waals surface area contributed by atoms with Gasteiger partial charge in [0.1, 0.15) is 12.2 Å². The Morgan fingerprint density at radius 2 is 1.71 bits per heavy atom. The molecule has 2 aromatic carbocycles. The summed E-state index contributed by atoms with van der Waals surface area (Å²) >= 11 is 0. The summed E-state index contributed by atoms with van der Waals surface area (Å²) in [5.74, 6) is -1.12. The van der Waals surface area contributed by atoms with Gasteiger partial charge in [0, 0.05) is 30.6 Å². The molecule has 1 heterocycles. The van der Waals surface area contributed by atoms with Gasteiger partial charge in [0.25, 0.3) is 5.91 Å². The summed E-state index contributed by atoms with van der Waals surface area (Å²) in [6.07, 6.45) is -0.210. The fourth-order valence-electron chi connectivity index (χ4n) is 4.64. The number of imide groups is 1. The molecule has 0 bridgehead atoms. The lowest BCUT2D eigenvalue weighted by molar-refractivity contribution is -0.791. The van der Waals surface area contributed by atoms with Crippen LogP contribution in [0.3, 0.4) is 0 Å². The Morgan fingerprint density at radius 1 is 1.09 bits per heavy atom. The molecule has 182 valence electrons. The highest BCUT2D eigenvalue weighted by molar-refractivity contribution is 7.59. The molecule has 0 radical (unpaired) electrons. The van der Waals surface area contributed by atoms with E-state index in [1.807, 2.05) is 30.3 Å². The van der Waals surface area contributed by atoms with Crippen LogP contribution >= 0.6 is 7.37 Å². The van der Waals surface area contributed by atoms with E-state index in [4.69, 9.17) is 0 Å². The topological polar surface area (TPSA) is 121 Å². The zero-order valence-electron chi connectivity index (χ0n) is 19.3. The summed E-state index contributed by atoms with van der Waals surface area (Å²) < 4.78 is 12.4. The SMILES string of the molecule is C[C@@H]1CCC[N+]1(C(=O)O)C(=O)CP(=O)(O)CC(CCc1ccccc1)NC(=O)c1ccccc1. The van der Waals surface area contributed by atoms with Gasteiger partial charge in [-0.25, -0.2) is 4.79 Å². The second-order valence-corrected chi connectivity index (χ2v) is 11.4. The third kappa shape index (κ3) is 6.20. The Labute approximate surface area is 199 Å². The molecule has 0 saturated carbocycles. The van der Waals surface area contributed by atoms with E-state index in [1.54, 1.807) is 37.3 Å². The molecule has 3 rings (SSSR count). The van der Waals surface area contributed by atoms with E-state index < -0.39 is 42.1 Å². The minimum Gasteiger partial charge on any atom is -0.435 e. The number of quaternary nitrogens is 1. The maximum atomic E-state index is 13.2. The van der Waals surface area contributed by atoms with Crippen LogP contribution in [0.5, 0.6) is 0 Å². The monoisotopic (exact) mass is 487 g/mol. The summed E-state index contributed by atoms with van der Waals surface area (Å²) in [5.41, 5.74) is 1.45. The van der Waals surface area contributed by atoms with E-state index in [0.717, 1.165) is 5.56 Å². The fraction of sp³-hybridized carbons (Fsp3) is 0.400. The van der Waals surface area contributed by atoms with E-state index in [-0.39, 0.29) is 18.6 Å². The van der Waals surface area contributed by atoms with Crippen LogP contribution in [0.2, 0.25) is 0 Å². The van der Waals surface area contributed by atoms with Crippen LogP contribution in [0.1, 0.15) is 42.1 Å². The minimum atomic E-state index is -4.08. The number of benzene rings is 2. The number of carbonyl (C=O) groups excluding carboxylic acids is 2. The van der Waals surface area contributed by atoms with Crippen LogP contribution in [0.15, 0.2) is 60.7 Å². The maximum Gasteiger partial charge on any atom is 0.521 e. The van der Waals surface area contributed by atoms with Crippen molar-refractivity contribution in [3.63, 3.8) is 0 Å². The van der Waals surface area contributed by atoms with E-state index >= 15 is 0 Å². The standard InChI is InChI=1S/C25H31N2O6P/c1-19-9-8-16-27(19,25(30)31)23(28)18-34(32,33)17-22(15-14-20-10-4-2-5-11-20)26-24(29)21-12-6-3-7-13-21/h2-7,10-13,19,22H,8-9,14-18H2,1H3,(H2-,26,29,30,31,32,33)/p+1/t19-,22?,27?/m1/s1. The van der Waals surface area contributed by atoms with E-state index in [2.05, 4.69) is 5.32 Å². The van der Waals surface area contributed by atoms with Crippen molar-refractivity contribution in [3.05, 3.63) is 71.8 Å². The molecule has 34 heavy (non-hydrogen) atoms. The maximum absolute atomic E-state index is 13.2. The first-order valence-electron chi connectivity index (χ1n) is 11.5. The highest BCUT2D eigenvalue weighted by atomic mass is 31.2. The van der Waals surface area contributed by atoms with Crippen molar-refractivity contribution in [3.8, 4) is 0 Å². The molecule has 2 aromatic rings. The lowest BCUT2D eigenvalue weighted by Crippen LogP contribution is -2.59. The largest absolute Gasteiger partial charge is 0.521 e. The summed E-state index contributed by atoms with van der Waals surface area (Å²) in [6.45, 7) is 1.81. The molecular formula is C25H32N2O6P+. The number of carbonyl (C=O) groups is 3. The molecule has 3 amide bonds. The van der Waals surface area contributed by atoms with E-state index in [1.165, 1.54) is 0 Å². The molecule has 1 saturated heterocycles. The zero-order chi connectivity index (χ0) is 24.8. The lowest BCUT2D eigenvalue weighted by atomic mass is 10.1. The highest BCUT2D eigenvalue weighted by Gasteiger charge is 2.54. The number of nitrogens with one attached hydrogen (secondary N) is 1. The van der Waals surface area contributed by atoms with Crippen molar-refractivity contribution >= 4 is 25.3 Å². The molecule has 4 atom stereocenters. The van der Waals surface area contributed by atoms with Crippen LogP contribution in [0, 0.1) is 0 Å². The summed E-state index contributed by atoms with van der Waals surface area (Å²) in [6, 6.07) is 17.0. The lowest BCUT2D eigenvalue weighted by Gasteiger charge is -2.30. The third-order valence-electron chi connectivity index (χ3n) is 6.56. The van der Waals surface area contributed by atoms with Gasteiger partial charge in [-0.3, -0.25) is 9.36 Å². The van der Waals surface area contributed by atoms with E-state index in [0.29, 0.717) is 31.2 Å². The number of amides is 3. The van der Waals surface area contributed by atoms with Crippen molar-refractivity contribution < 1.29 is 33.4 Å². The van der Waals surface area contributed by atoms with Crippen molar-refractivity contribution in [1.82, 2.24) is 5.32 Å². The normalized spacial score (nSPS) is 22.5. The molecule has 8 nitrogen and oxygen atoms in total. The average Bonchev–Trinajstić information content (AvgIpc) is 3.20. The first-order chi connectivity index (χ1) is 16.1. The first kappa shape index (κ1) is 25.8. The quantitative estimate of drug-likeness (QED) is 0.365. The van der Waals surface area contributed by atoms with Crippen molar-refractivity contribution in [2.75, 3.05) is 18.9 Å². The smallest absolute Gasteiger partial charge is 0.435 e. The van der Waals surface area contributed by atoms with Gasteiger partial charge < -0.3 is 15.3 Å². The van der Waals surface area contributed by atoms with Gasteiger partial charge in [0.2, 0.25) is 7.37 Å². The number of aryl methyl sites for hydroxylation is 1. The Kier molecular flexibility index (Phi) is 8.42.